The molecule has 3 aliphatic rings. The lowest BCUT2D eigenvalue weighted by atomic mass is 9.99. The zero-order valence-electron chi connectivity index (χ0n) is 18.2. The molecule has 0 radical (unpaired) electrons. The van der Waals surface area contributed by atoms with Crippen molar-refractivity contribution in [3.63, 3.8) is 0 Å². The van der Waals surface area contributed by atoms with Crippen molar-refractivity contribution in [1.82, 2.24) is 14.6 Å². The number of hydrogen-bond donors (Lipinski definition) is 1. The maximum absolute atomic E-state index is 13.8. The summed E-state index contributed by atoms with van der Waals surface area (Å²) in [4.78, 5) is 46.6. The first kappa shape index (κ1) is 21.6. The average Bonchev–Trinajstić information content (AvgIpc) is 3.12. The molecule has 170 valence electrons. The number of likely N-dealkylation sites (tertiary alicyclic amines) is 1. The van der Waals surface area contributed by atoms with Crippen molar-refractivity contribution in [1.29, 1.82) is 0 Å². The molecule has 0 saturated carbocycles. The third kappa shape index (κ3) is 3.66. The first-order valence-electron chi connectivity index (χ1n) is 11.0. The largest absolute Gasteiger partial charge is 0.368 e. The van der Waals surface area contributed by atoms with Crippen LogP contribution in [0.25, 0.3) is 10.4 Å². The number of nitrogens with one attached hydrogen (secondary N) is 1. The monoisotopic (exact) mass is 473 g/mol. The molecule has 32 heavy (non-hydrogen) atoms. The summed E-state index contributed by atoms with van der Waals surface area (Å²) in [7, 11) is -2.07. The van der Waals surface area contributed by atoms with Crippen LogP contribution in [0.5, 0.6) is 0 Å². The van der Waals surface area contributed by atoms with Gasteiger partial charge in [0.05, 0.1) is 11.7 Å². The molecule has 0 aliphatic carbocycles. The van der Waals surface area contributed by atoms with Crippen LogP contribution in [0.2, 0.25) is 0 Å². The Morgan fingerprint density at radius 1 is 1.34 bits per heavy atom. The minimum Gasteiger partial charge on any atom is -0.368 e. The molecule has 1 N–H and O–H groups in total. The van der Waals surface area contributed by atoms with Gasteiger partial charge in [-0.15, -0.1) is 11.3 Å². The molecule has 0 spiro atoms. The van der Waals surface area contributed by atoms with E-state index in [1.165, 1.54) is 0 Å². The molecule has 7 nitrogen and oxygen atoms in total. The third-order valence-electron chi connectivity index (χ3n) is 6.54. The van der Waals surface area contributed by atoms with E-state index in [0.29, 0.717) is 17.9 Å². The number of Topliss-reactive ketones (excluding diaryl/α,β-unsaturated/α-hetero) is 1. The summed E-state index contributed by atoms with van der Waals surface area (Å²) in [5.74, 6) is 0.625. The molecule has 0 bridgehead atoms. The normalized spacial score (nSPS) is 31.2. The summed E-state index contributed by atoms with van der Waals surface area (Å²) in [6.07, 6.45) is 4.67. The van der Waals surface area contributed by atoms with Crippen LogP contribution in [0.15, 0.2) is 36.0 Å². The van der Waals surface area contributed by atoms with Gasteiger partial charge in [-0.1, -0.05) is 30.1 Å². The first-order chi connectivity index (χ1) is 15.4. The van der Waals surface area contributed by atoms with Crippen molar-refractivity contribution in [3.8, 4) is 10.4 Å². The highest BCUT2D eigenvalue weighted by Gasteiger charge is 2.60. The molecule has 3 unspecified atom stereocenters. The van der Waals surface area contributed by atoms with Gasteiger partial charge in [-0.25, -0.2) is 0 Å². The molecule has 2 amide bonds. The van der Waals surface area contributed by atoms with Gasteiger partial charge in [0.25, 0.3) is 11.1 Å². The Kier molecular flexibility index (Phi) is 5.59. The fourth-order valence-electron chi connectivity index (χ4n) is 4.81. The number of amides is 2. The Morgan fingerprint density at radius 2 is 2.19 bits per heavy atom. The Hall–Kier alpha value is -2.23. The zero-order valence-corrected chi connectivity index (χ0v) is 19.8. The summed E-state index contributed by atoms with van der Waals surface area (Å²) in [5, 5.41) is 2.03. The third-order valence-corrected chi connectivity index (χ3v) is 11.1. The molecule has 2 aromatic rings. The Balaban J connectivity index is 1.41. The fraction of sp³-hybridized carbons (Fsp3) is 0.478. The van der Waals surface area contributed by atoms with Crippen molar-refractivity contribution >= 4 is 38.5 Å². The van der Waals surface area contributed by atoms with Crippen LogP contribution in [0, 0.1) is 5.92 Å². The van der Waals surface area contributed by atoms with Gasteiger partial charge in [-0.3, -0.25) is 19.4 Å². The molecule has 3 saturated heterocycles. The Bertz CT molecular complexity index is 1060. The van der Waals surface area contributed by atoms with E-state index in [1.54, 1.807) is 28.6 Å². The number of pyridine rings is 1. The summed E-state index contributed by atoms with van der Waals surface area (Å²) < 4.78 is 8.77. The second kappa shape index (κ2) is 8.28. The summed E-state index contributed by atoms with van der Waals surface area (Å²) in [6, 6.07) is 5.27. The van der Waals surface area contributed by atoms with Gasteiger partial charge in [0, 0.05) is 40.4 Å². The summed E-state index contributed by atoms with van der Waals surface area (Å²) in [5.41, 5.74) is 1.33. The minimum absolute atomic E-state index is 0.0291. The lowest BCUT2D eigenvalue weighted by Gasteiger charge is -2.39. The number of hydrogen-bond acceptors (Lipinski definition) is 6. The molecule has 0 aromatic carbocycles. The number of rotatable bonds is 3. The Morgan fingerprint density at radius 3 is 2.91 bits per heavy atom. The van der Waals surface area contributed by atoms with E-state index in [0.717, 1.165) is 23.3 Å². The van der Waals surface area contributed by atoms with Crippen molar-refractivity contribution in [2.75, 3.05) is 18.9 Å². The van der Waals surface area contributed by atoms with Crippen LogP contribution >= 0.6 is 21.6 Å². The minimum atomic E-state index is -2.07. The number of ether oxygens (including phenoxy) is 1. The lowest BCUT2D eigenvalue weighted by Crippen LogP contribution is -2.53. The molecular formula is C23H27N3O4S2. The highest BCUT2D eigenvalue weighted by atomic mass is 32.3. The van der Waals surface area contributed by atoms with E-state index < -0.39 is 16.3 Å². The van der Waals surface area contributed by atoms with Crippen molar-refractivity contribution in [2.45, 2.75) is 44.1 Å². The van der Waals surface area contributed by atoms with Crippen LogP contribution in [0.1, 0.15) is 37.0 Å². The summed E-state index contributed by atoms with van der Waals surface area (Å²) in [6.45, 7) is 4.78. The van der Waals surface area contributed by atoms with E-state index in [2.05, 4.69) is 23.6 Å². The lowest BCUT2D eigenvalue weighted by molar-refractivity contribution is -0.121. The van der Waals surface area contributed by atoms with Crippen molar-refractivity contribution < 1.29 is 19.1 Å². The molecule has 5 heterocycles. The predicted octanol–water partition coefficient (Wildman–Crippen LogP) is 3.85. The smallest absolute Gasteiger partial charge is 0.282 e. The predicted molar refractivity (Wildman–Crippen MR) is 126 cm³/mol. The standard InChI is InChI=1S/C23H27N3O4S2/c1-14(2)20-13-32(20,23(29)26-7-3-5-18-21(26)17(27)12-30-18)25-22(28)16-9-15(10-24-11-16)19-6-4-8-31-19/h4,6,8-11,14,18,20-21H,3,5,7,12-13H2,1-2H3,(H,25,28)/t18?,20?,21-/m1/s1. The van der Waals surface area contributed by atoms with E-state index in [9.17, 15) is 14.4 Å². The van der Waals surface area contributed by atoms with Gasteiger partial charge in [-0.05, 0) is 36.3 Å². The highest BCUT2D eigenvalue weighted by molar-refractivity contribution is 8.49. The molecule has 3 fully saturated rings. The number of carbonyl (C=O) groups excluding carboxylic acids is 3. The van der Waals surface area contributed by atoms with Gasteiger partial charge in [-0.2, -0.15) is 0 Å². The topological polar surface area (TPSA) is 88.6 Å². The van der Waals surface area contributed by atoms with E-state index >= 15 is 0 Å². The van der Waals surface area contributed by atoms with E-state index in [1.807, 2.05) is 23.6 Å². The maximum atomic E-state index is 13.8. The van der Waals surface area contributed by atoms with Crippen LogP contribution < -0.4 is 4.72 Å². The molecule has 9 heteroatoms. The SMILES string of the molecule is CC(C)C1CS1(NC(=O)c1cncc(-c2cccs2)c1)C(=O)N1CCCC2OCC(=O)[C@H]21. The number of carbonyl (C=O) groups is 3. The second-order valence-electron chi connectivity index (χ2n) is 8.98. The zero-order chi connectivity index (χ0) is 22.5. The Labute approximate surface area is 193 Å². The number of thiophene rings is 1. The molecule has 3 aliphatic heterocycles. The van der Waals surface area contributed by atoms with Crippen LogP contribution in [0.3, 0.4) is 0 Å². The molecule has 5 rings (SSSR count). The van der Waals surface area contributed by atoms with Crippen LogP contribution in [0.4, 0.5) is 4.79 Å². The average molecular weight is 474 g/mol. The van der Waals surface area contributed by atoms with E-state index in [4.69, 9.17) is 4.74 Å². The van der Waals surface area contributed by atoms with Crippen molar-refractivity contribution in [3.05, 3.63) is 41.5 Å². The molecule has 4 atom stereocenters. The number of ketones is 1. The van der Waals surface area contributed by atoms with Crippen LogP contribution in [-0.2, 0) is 9.53 Å². The molecular weight excluding hydrogens is 446 g/mol. The number of piperidine rings is 1. The quantitative estimate of drug-likeness (QED) is 0.684. The van der Waals surface area contributed by atoms with Crippen LogP contribution in [-0.4, -0.2) is 63.1 Å². The van der Waals surface area contributed by atoms with E-state index in [-0.39, 0.29) is 40.8 Å². The van der Waals surface area contributed by atoms with Gasteiger partial charge in [0.2, 0.25) is 0 Å². The number of aromatic nitrogens is 1. The second-order valence-corrected chi connectivity index (χ2v) is 13.0. The first-order valence-corrected chi connectivity index (χ1v) is 13.7. The fourth-order valence-corrected chi connectivity index (χ4v) is 9.48. The van der Waals surface area contributed by atoms with Gasteiger partial charge in [0.1, 0.15) is 12.6 Å². The maximum Gasteiger partial charge on any atom is 0.282 e. The number of fused-ring (bicyclic) bond motifs is 1. The number of nitrogens with zero attached hydrogens (tertiary/aromatic N) is 2. The van der Waals surface area contributed by atoms with Gasteiger partial charge in [0.15, 0.2) is 5.78 Å². The highest BCUT2D eigenvalue weighted by Crippen LogP contribution is 2.69. The summed E-state index contributed by atoms with van der Waals surface area (Å²) >= 11 is 1.59. The van der Waals surface area contributed by atoms with Gasteiger partial charge < -0.3 is 14.4 Å². The van der Waals surface area contributed by atoms with Crippen molar-refractivity contribution in [2.24, 2.45) is 5.92 Å². The molecule has 2 aromatic heterocycles. The van der Waals surface area contributed by atoms with Gasteiger partial charge >= 0.3 is 0 Å².